The summed E-state index contributed by atoms with van der Waals surface area (Å²) in [4.78, 5) is 4.32. The Morgan fingerprint density at radius 1 is 1.17 bits per heavy atom. The second kappa shape index (κ2) is 7.18. The minimum Gasteiger partial charge on any atom is -0.497 e. The van der Waals surface area contributed by atoms with Crippen LogP contribution in [0.25, 0.3) is 0 Å². The predicted molar refractivity (Wildman–Crippen MR) is 93.9 cm³/mol. The number of hydrogen-bond acceptors (Lipinski definition) is 2. The van der Waals surface area contributed by atoms with E-state index in [9.17, 15) is 0 Å². The van der Waals surface area contributed by atoms with E-state index in [0.717, 1.165) is 24.7 Å². The predicted octanol–water partition coefficient (Wildman–Crippen LogP) is 2.92. The molecule has 23 heavy (non-hydrogen) atoms. The molecule has 0 aliphatic heterocycles. The average Bonchev–Trinajstić information content (AvgIpc) is 3.38. The first kappa shape index (κ1) is 15.4. The summed E-state index contributed by atoms with van der Waals surface area (Å²) in [5, 5.41) is 6.86. The molecule has 120 valence electrons. The summed E-state index contributed by atoms with van der Waals surface area (Å²) in [6.07, 6.45) is 1.16. The SMILES string of the molecule is CN=C(NCc1cccc(OC)c1)NC1CC1c1ccccc1. The molecule has 0 bridgehead atoms. The van der Waals surface area contributed by atoms with Gasteiger partial charge in [0, 0.05) is 25.6 Å². The summed E-state index contributed by atoms with van der Waals surface area (Å²) in [6.45, 7) is 0.722. The van der Waals surface area contributed by atoms with Crippen molar-refractivity contribution in [1.82, 2.24) is 10.6 Å². The Balaban J connectivity index is 1.51. The van der Waals surface area contributed by atoms with Gasteiger partial charge >= 0.3 is 0 Å². The molecule has 2 aromatic rings. The molecule has 0 aromatic heterocycles. The van der Waals surface area contributed by atoms with Gasteiger partial charge in [-0.25, -0.2) is 0 Å². The van der Waals surface area contributed by atoms with Crippen molar-refractivity contribution in [3.05, 3.63) is 65.7 Å². The summed E-state index contributed by atoms with van der Waals surface area (Å²) in [5.74, 6) is 2.31. The van der Waals surface area contributed by atoms with Crippen molar-refractivity contribution in [2.45, 2.75) is 24.9 Å². The van der Waals surface area contributed by atoms with E-state index in [1.807, 2.05) is 18.2 Å². The van der Waals surface area contributed by atoms with Crippen LogP contribution in [0.1, 0.15) is 23.5 Å². The lowest BCUT2D eigenvalue weighted by Crippen LogP contribution is -2.38. The van der Waals surface area contributed by atoms with Crippen LogP contribution in [0.2, 0.25) is 0 Å². The second-order valence-corrected chi connectivity index (χ2v) is 5.78. The van der Waals surface area contributed by atoms with Crippen LogP contribution in [0, 0.1) is 0 Å². The molecule has 1 fully saturated rings. The Hall–Kier alpha value is -2.49. The zero-order valence-corrected chi connectivity index (χ0v) is 13.6. The third kappa shape index (κ3) is 4.03. The van der Waals surface area contributed by atoms with Gasteiger partial charge in [0.2, 0.25) is 0 Å². The van der Waals surface area contributed by atoms with Crippen LogP contribution in [0.15, 0.2) is 59.6 Å². The van der Waals surface area contributed by atoms with E-state index in [0.29, 0.717) is 12.0 Å². The zero-order chi connectivity index (χ0) is 16.1. The van der Waals surface area contributed by atoms with Gasteiger partial charge in [-0.2, -0.15) is 0 Å². The highest BCUT2D eigenvalue weighted by Crippen LogP contribution is 2.40. The molecule has 1 aliphatic carbocycles. The number of guanidine groups is 1. The highest BCUT2D eigenvalue weighted by molar-refractivity contribution is 5.80. The van der Waals surface area contributed by atoms with Gasteiger partial charge in [0.05, 0.1) is 7.11 Å². The van der Waals surface area contributed by atoms with E-state index in [2.05, 4.69) is 52.0 Å². The minimum absolute atomic E-state index is 0.467. The fourth-order valence-electron chi connectivity index (χ4n) is 2.76. The van der Waals surface area contributed by atoms with Crippen LogP contribution in [-0.4, -0.2) is 26.2 Å². The molecule has 3 rings (SSSR count). The van der Waals surface area contributed by atoms with Crippen LogP contribution in [-0.2, 0) is 6.54 Å². The van der Waals surface area contributed by atoms with Crippen LogP contribution in [0.3, 0.4) is 0 Å². The minimum atomic E-state index is 0.467. The number of benzene rings is 2. The van der Waals surface area contributed by atoms with Gasteiger partial charge in [-0.1, -0.05) is 42.5 Å². The maximum absolute atomic E-state index is 5.25. The standard InChI is InChI=1S/C19H23N3O/c1-20-19(21-13-14-7-6-10-16(11-14)23-2)22-18-12-17(18)15-8-4-3-5-9-15/h3-11,17-18H,12-13H2,1-2H3,(H2,20,21,22). The smallest absolute Gasteiger partial charge is 0.191 e. The maximum atomic E-state index is 5.25. The molecule has 1 aliphatic rings. The van der Waals surface area contributed by atoms with Gasteiger partial charge in [0.1, 0.15) is 5.75 Å². The Morgan fingerprint density at radius 2 is 2.00 bits per heavy atom. The molecule has 4 heteroatoms. The van der Waals surface area contributed by atoms with Crippen molar-refractivity contribution in [1.29, 1.82) is 0 Å². The molecule has 4 nitrogen and oxygen atoms in total. The normalized spacial score (nSPS) is 20.0. The summed E-state index contributed by atoms with van der Waals surface area (Å²) < 4.78 is 5.25. The van der Waals surface area contributed by atoms with E-state index in [-0.39, 0.29) is 0 Å². The van der Waals surface area contributed by atoms with Gasteiger partial charge in [0.15, 0.2) is 5.96 Å². The van der Waals surface area contributed by atoms with Crippen molar-refractivity contribution in [3.8, 4) is 5.75 Å². The Bertz CT molecular complexity index is 669. The van der Waals surface area contributed by atoms with Crippen molar-refractivity contribution in [2.24, 2.45) is 4.99 Å². The molecule has 2 atom stereocenters. The number of rotatable bonds is 5. The van der Waals surface area contributed by atoms with Crippen molar-refractivity contribution < 1.29 is 4.74 Å². The quantitative estimate of drug-likeness (QED) is 0.659. The highest BCUT2D eigenvalue weighted by atomic mass is 16.5. The third-order valence-corrected chi connectivity index (χ3v) is 4.16. The molecule has 0 spiro atoms. The monoisotopic (exact) mass is 309 g/mol. The Labute approximate surface area is 137 Å². The molecule has 0 amide bonds. The lowest BCUT2D eigenvalue weighted by atomic mass is 10.1. The van der Waals surface area contributed by atoms with Crippen molar-refractivity contribution >= 4 is 5.96 Å². The van der Waals surface area contributed by atoms with Gasteiger partial charge in [-0.3, -0.25) is 4.99 Å². The molecular weight excluding hydrogens is 286 g/mol. The van der Waals surface area contributed by atoms with E-state index in [1.54, 1.807) is 14.2 Å². The van der Waals surface area contributed by atoms with Crippen molar-refractivity contribution in [2.75, 3.05) is 14.2 Å². The van der Waals surface area contributed by atoms with Gasteiger partial charge < -0.3 is 15.4 Å². The van der Waals surface area contributed by atoms with E-state index >= 15 is 0 Å². The molecular formula is C19H23N3O. The summed E-state index contributed by atoms with van der Waals surface area (Å²) in [7, 11) is 3.49. The first-order valence-electron chi connectivity index (χ1n) is 7.95. The lowest BCUT2D eigenvalue weighted by Gasteiger charge is -2.12. The summed E-state index contributed by atoms with van der Waals surface area (Å²) in [5.41, 5.74) is 2.57. The molecule has 0 saturated heterocycles. The van der Waals surface area contributed by atoms with Crippen molar-refractivity contribution in [3.63, 3.8) is 0 Å². The fraction of sp³-hybridized carbons (Fsp3) is 0.316. The number of ether oxygens (including phenoxy) is 1. The van der Waals surface area contributed by atoms with E-state index in [4.69, 9.17) is 4.74 Å². The Kier molecular flexibility index (Phi) is 4.81. The van der Waals surface area contributed by atoms with Crippen LogP contribution in [0.5, 0.6) is 5.75 Å². The lowest BCUT2D eigenvalue weighted by molar-refractivity contribution is 0.414. The fourth-order valence-corrected chi connectivity index (χ4v) is 2.76. The molecule has 2 N–H and O–H groups in total. The second-order valence-electron chi connectivity index (χ2n) is 5.78. The zero-order valence-electron chi connectivity index (χ0n) is 13.6. The van der Waals surface area contributed by atoms with Crippen LogP contribution < -0.4 is 15.4 Å². The van der Waals surface area contributed by atoms with Crippen LogP contribution in [0.4, 0.5) is 0 Å². The number of methoxy groups -OCH3 is 1. The molecule has 1 saturated carbocycles. The molecule has 0 radical (unpaired) electrons. The topological polar surface area (TPSA) is 45.7 Å². The van der Waals surface area contributed by atoms with E-state index < -0.39 is 0 Å². The van der Waals surface area contributed by atoms with Gasteiger partial charge in [-0.05, 0) is 29.7 Å². The van der Waals surface area contributed by atoms with Gasteiger partial charge in [0.25, 0.3) is 0 Å². The number of nitrogens with one attached hydrogen (secondary N) is 2. The first-order valence-corrected chi connectivity index (χ1v) is 7.95. The van der Waals surface area contributed by atoms with E-state index in [1.165, 1.54) is 11.1 Å². The largest absolute Gasteiger partial charge is 0.497 e. The molecule has 2 unspecified atom stereocenters. The summed E-state index contributed by atoms with van der Waals surface area (Å²) >= 11 is 0. The highest BCUT2D eigenvalue weighted by Gasteiger charge is 2.38. The molecule has 0 heterocycles. The summed E-state index contributed by atoms with van der Waals surface area (Å²) in [6, 6.07) is 19.2. The number of hydrogen-bond donors (Lipinski definition) is 2. The maximum Gasteiger partial charge on any atom is 0.191 e. The number of nitrogens with zero attached hydrogens (tertiary/aromatic N) is 1. The number of aliphatic imine (C=N–C) groups is 1. The van der Waals surface area contributed by atoms with Crippen LogP contribution >= 0.6 is 0 Å². The molecule has 2 aromatic carbocycles. The average molecular weight is 309 g/mol. The third-order valence-electron chi connectivity index (χ3n) is 4.16. The Morgan fingerprint density at radius 3 is 2.74 bits per heavy atom. The van der Waals surface area contributed by atoms with Gasteiger partial charge in [-0.15, -0.1) is 0 Å². The first-order chi connectivity index (χ1) is 11.3.